The first-order valence-corrected chi connectivity index (χ1v) is 7.25. The Kier molecular flexibility index (Phi) is 2.46. The zero-order valence-corrected chi connectivity index (χ0v) is 11.6. The number of imidazole rings is 1. The maximum absolute atomic E-state index is 6.17. The van der Waals surface area contributed by atoms with E-state index in [2.05, 4.69) is 27.5 Å². The summed E-state index contributed by atoms with van der Waals surface area (Å²) in [6.45, 7) is 2.24. The molecule has 0 bridgehead atoms. The molecule has 0 spiro atoms. The summed E-state index contributed by atoms with van der Waals surface area (Å²) in [7, 11) is 0. The van der Waals surface area contributed by atoms with Gasteiger partial charge in [-0.05, 0) is 25.3 Å². The van der Waals surface area contributed by atoms with Crippen molar-refractivity contribution in [3.63, 3.8) is 0 Å². The fraction of sp³-hybridized carbons (Fsp3) is 0.375. The van der Waals surface area contributed by atoms with Gasteiger partial charge >= 0.3 is 0 Å². The van der Waals surface area contributed by atoms with Crippen molar-refractivity contribution < 1.29 is 0 Å². The summed E-state index contributed by atoms with van der Waals surface area (Å²) in [5.41, 5.74) is 9.18. The monoisotopic (exact) mass is 266 g/mol. The van der Waals surface area contributed by atoms with Crippen LogP contribution in [-0.2, 0) is 0 Å². The van der Waals surface area contributed by atoms with Crippen LogP contribution in [0, 0.1) is 5.92 Å². The van der Waals surface area contributed by atoms with E-state index < -0.39 is 0 Å². The molecule has 20 heavy (non-hydrogen) atoms. The minimum Gasteiger partial charge on any atom is -0.369 e. The van der Waals surface area contributed by atoms with Crippen molar-refractivity contribution in [2.75, 3.05) is 5.73 Å². The molecule has 4 nitrogen and oxygen atoms in total. The lowest BCUT2D eigenvalue weighted by Gasteiger charge is -2.16. The lowest BCUT2D eigenvalue weighted by Crippen LogP contribution is -2.09. The molecule has 1 saturated carbocycles. The maximum Gasteiger partial charge on any atom is 0.201 e. The van der Waals surface area contributed by atoms with Gasteiger partial charge in [0.1, 0.15) is 5.52 Å². The minimum absolute atomic E-state index is 0.387. The van der Waals surface area contributed by atoms with Crippen molar-refractivity contribution in [3.05, 3.63) is 30.5 Å². The molecule has 1 unspecified atom stereocenters. The molecule has 102 valence electrons. The topological polar surface area (TPSA) is 56.7 Å². The van der Waals surface area contributed by atoms with Crippen LogP contribution >= 0.6 is 0 Å². The van der Waals surface area contributed by atoms with Crippen LogP contribution in [0.3, 0.4) is 0 Å². The zero-order chi connectivity index (χ0) is 13.7. The smallest absolute Gasteiger partial charge is 0.201 e. The number of hydrogen-bond acceptors (Lipinski definition) is 3. The van der Waals surface area contributed by atoms with Crippen LogP contribution in [0.5, 0.6) is 0 Å². The largest absolute Gasteiger partial charge is 0.369 e. The molecule has 3 aromatic rings. The van der Waals surface area contributed by atoms with E-state index in [9.17, 15) is 0 Å². The van der Waals surface area contributed by atoms with E-state index in [-0.39, 0.29) is 0 Å². The molecular formula is C16H18N4. The maximum atomic E-state index is 6.17. The second kappa shape index (κ2) is 4.20. The summed E-state index contributed by atoms with van der Waals surface area (Å²) in [6.07, 6.45) is 5.74. The van der Waals surface area contributed by atoms with Crippen LogP contribution in [0.1, 0.15) is 32.2 Å². The van der Waals surface area contributed by atoms with Crippen molar-refractivity contribution in [3.8, 4) is 0 Å². The molecule has 1 aromatic carbocycles. The van der Waals surface area contributed by atoms with E-state index in [0.717, 1.165) is 27.9 Å². The first-order valence-electron chi connectivity index (χ1n) is 7.25. The average Bonchev–Trinajstić information content (AvgIpc) is 3.18. The number of benzene rings is 1. The Balaban J connectivity index is 1.97. The van der Waals surface area contributed by atoms with Gasteiger partial charge in [0.05, 0.1) is 17.2 Å². The lowest BCUT2D eigenvalue weighted by molar-refractivity contribution is 0.493. The fourth-order valence-corrected chi connectivity index (χ4v) is 3.13. The Morgan fingerprint density at radius 3 is 2.90 bits per heavy atom. The Morgan fingerprint density at radius 2 is 2.10 bits per heavy atom. The molecule has 2 aromatic heterocycles. The predicted octanol–water partition coefficient (Wildman–Crippen LogP) is 3.53. The van der Waals surface area contributed by atoms with Gasteiger partial charge in [-0.15, -0.1) is 0 Å². The molecule has 0 saturated heterocycles. The summed E-state index contributed by atoms with van der Waals surface area (Å²) in [6, 6.07) is 8.58. The van der Waals surface area contributed by atoms with E-state index >= 15 is 0 Å². The van der Waals surface area contributed by atoms with Crippen LogP contribution in [0.2, 0.25) is 0 Å². The number of pyridine rings is 1. The molecular weight excluding hydrogens is 248 g/mol. The summed E-state index contributed by atoms with van der Waals surface area (Å²) >= 11 is 0. The first kappa shape index (κ1) is 11.7. The van der Waals surface area contributed by atoms with Gasteiger partial charge in [-0.1, -0.05) is 31.0 Å². The second-order valence-corrected chi connectivity index (χ2v) is 5.88. The summed E-state index contributed by atoms with van der Waals surface area (Å²) in [5.74, 6) is 1.47. The number of nitrogens with zero attached hydrogens (tertiary/aromatic N) is 3. The molecule has 1 atom stereocenters. The Morgan fingerprint density at radius 1 is 1.30 bits per heavy atom. The quantitative estimate of drug-likeness (QED) is 0.789. The summed E-state index contributed by atoms with van der Waals surface area (Å²) < 4.78 is 2.19. The van der Waals surface area contributed by atoms with E-state index in [4.69, 9.17) is 5.73 Å². The highest BCUT2D eigenvalue weighted by Crippen LogP contribution is 2.39. The van der Waals surface area contributed by atoms with Crippen LogP contribution in [0.25, 0.3) is 21.9 Å². The number of anilines is 1. The van der Waals surface area contributed by atoms with Gasteiger partial charge in [0.15, 0.2) is 0 Å². The lowest BCUT2D eigenvalue weighted by atomic mass is 10.1. The van der Waals surface area contributed by atoms with Crippen molar-refractivity contribution in [1.29, 1.82) is 0 Å². The molecule has 1 aliphatic carbocycles. The Hall–Kier alpha value is -2.10. The third-order valence-electron chi connectivity index (χ3n) is 4.26. The van der Waals surface area contributed by atoms with E-state index in [1.54, 1.807) is 0 Å². The first-order chi connectivity index (χ1) is 9.74. The Bertz CT molecular complexity index is 786. The van der Waals surface area contributed by atoms with Gasteiger partial charge in [-0.3, -0.25) is 4.98 Å². The van der Waals surface area contributed by atoms with Crippen LogP contribution in [-0.4, -0.2) is 14.5 Å². The third-order valence-corrected chi connectivity index (χ3v) is 4.26. The van der Waals surface area contributed by atoms with E-state index in [1.807, 2.05) is 24.4 Å². The number of nitrogen functional groups attached to an aromatic ring is 1. The van der Waals surface area contributed by atoms with Gasteiger partial charge in [-0.25, -0.2) is 4.98 Å². The normalized spacial score (nSPS) is 16.9. The van der Waals surface area contributed by atoms with Gasteiger partial charge in [-0.2, -0.15) is 0 Å². The van der Waals surface area contributed by atoms with Gasteiger partial charge in [0.25, 0.3) is 0 Å². The number of nitrogens with two attached hydrogens (primary N) is 1. The summed E-state index contributed by atoms with van der Waals surface area (Å²) in [4.78, 5) is 8.96. The molecule has 0 radical (unpaired) electrons. The highest BCUT2D eigenvalue weighted by molar-refractivity contribution is 6.03. The second-order valence-electron chi connectivity index (χ2n) is 5.88. The molecule has 2 heterocycles. The van der Waals surface area contributed by atoms with E-state index in [0.29, 0.717) is 12.0 Å². The third kappa shape index (κ3) is 1.75. The van der Waals surface area contributed by atoms with Crippen LogP contribution in [0.4, 0.5) is 5.95 Å². The number of aromatic nitrogens is 3. The van der Waals surface area contributed by atoms with Crippen LogP contribution in [0.15, 0.2) is 30.5 Å². The number of fused-ring (bicyclic) bond motifs is 3. The fourth-order valence-electron chi connectivity index (χ4n) is 3.13. The number of para-hydroxylation sites is 1. The SMILES string of the molecule is CC(CC1CC1)n1c(N)nc2cnc3ccccc3c21. The van der Waals surface area contributed by atoms with Crippen LogP contribution < -0.4 is 5.73 Å². The zero-order valence-electron chi connectivity index (χ0n) is 11.6. The Labute approximate surface area is 117 Å². The molecule has 1 aliphatic rings. The van der Waals surface area contributed by atoms with Crippen molar-refractivity contribution in [2.45, 2.75) is 32.2 Å². The molecule has 0 aliphatic heterocycles. The molecule has 1 fully saturated rings. The minimum atomic E-state index is 0.387. The van der Waals surface area contributed by atoms with Gasteiger partial charge in [0.2, 0.25) is 5.95 Å². The molecule has 4 rings (SSSR count). The number of rotatable bonds is 3. The number of hydrogen-bond donors (Lipinski definition) is 1. The highest BCUT2D eigenvalue weighted by Gasteiger charge is 2.26. The van der Waals surface area contributed by atoms with Crippen molar-refractivity contribution >= 4 is 27.9 Å². The van der Waals surface area contributed by atoms with Crippen molar-refractivity contribution in [1.82, 2.24) is 14.5 Å². The van der Waals surface area contributed by atoms with Gasteiger partial charge in [0, 0.05) is 11.4 Å². The van der Waals surface area contributed by atoms with Crippen molar-refractivity contribution in [2.24, 2.45) is 5.92 Å². The molecule has 2 N–H and O–H groups in total. The average molecular weight is 266 g/mol. The summed E-state index contributed by atoms with van der Waals surface area (Å²) in [5, 5.41) is 1.14. The standard InChI is InChI=1S/C16H18N4/c1-10(8-11-6-7-11)20-15-12-4-2-3-5-13(12)18-9-14(15)19-16(20)17/h2-5,9-11H,6-8H2,1H3,(H2,17,19). The van der Waals surface area contributed by atoms with Gasteiger partial charge < -0.3 is 10.3 Å². The van der Waals surface area contributed by atoms with E-state index in [1.165, 1.54) is 19.3 Å². The molecule has 0 amide bonds. The predicted molar refractivity (Wildman–Crippen MR) is 81.5 cm³/mol. The highest BCUT2D eigenvalue weighted by atomic mass is 15.2. The molecule has 4 heteroatoms.